The number of carbonyl (C=O) groups excluding carboxylic acids is 1. The fraction of sp³-hybridized carbons (Fsp3) is 0.0625. The molecule has 0 spiro atoms. The summed E-state index contributed by atoms with van der Waals surface area (Å²) in [5.74, 6) is -2.94. The highest BCUT2D eigenvalue weighted by molar-refractivity contribution is 7.90. The maximum Gasteiger partial charge on any atom is 0.322 e. The van der Waals surface area contributed by atoms with Crippen LogP contribution in [0.1, 0.15) is 10.4 Å². The first kappa shape index (κ1) is 17.7. The first-order valence-corrected chi connectivity index (χ1v) is 9.03. The molecule has 26 heavy (non-hydrogen) atoms. The second-order valence-corrected chi connectivity index (χ2v) is 7.31. The Kier molecular flexibility index (Phi) is 4.51. The molecule has 1 amide bonds. The van der Waals surface area contributed by atoms with Gasteiger partial charge in [0.1, 0.15) is 0 Å². The highest BCUT2D eigenvalue weighted by Gasteiger charge is 2.15. The summed E-state index contributed by atoms with van der Waals surface area (Å²) in [6, 6.07) is 8.15. The van der Waals surface area contributed by atoms with E-state index < -0.39 is 27.4 Å². The molecule has 0 fully saturated rings. The first-order chi connectivity index (χ1) is 12.2. The van der Waals surface area contributed by atoms with Crippen molar-refractivity contribution in [1.82, 2.24) is 10.2 Å². The maximum absolute atomic E-state index is 13.2. The quantitative estimate of drug-likeness (QED) is 0.748. The molecule has 134 valence electrons. The fourth-order valence-electron chi connectivity index (χ4n) is 2.04. The Balaban J connectivity index is 1.77. The molecule has 0 aliphatic rings. The standard InChI is InChI=1S/C16H11F2N3O4S/c1-26(23,24)11-5-2-9(3-6-11)15-20-21-16(25-15)19-14(22)10-4-7-12(17)13(18)8-10/h2-8H,1H3,(H,19,21,22). The van der Waals surface area contributed by atoms with E-state index in [9.17, 15) is 22.0 Å². The summed E-state index contributed by atoms with van der Waals surface area (Å²) in [6.07, 6.45) is 1.08. The van der Waals surface area contributed by atoms with Crippen LogP contribution in [0, 0.1) is 11.6 Å². The Morgan fingerprint density at radius 1 is 1.04 bits per heavy atom. The molecular weight excluding hydrogens is 368 g/mol. The molecule has 10 heteroatoms. The predicted molar refractivity (Wildman–Crippen MR) is 87.2 cm³/mol. The number of hydrogen-bond acceptors (Lipinski definition) is 6. The van der Waals surface area contributed by atoms with Gasteiger partial charge in [-0.1, -0.05) is 5.10 Å². The maximum atomic E-state index is 13.2. The Morgan fingerprint density at radius 3 is 2.35 bits per heavy atom. The fourth-order valence-corrected chi connectivity index (χ4v) is 2.67. The molecule has 1 N–H and O–H groups in total. The van der Waals surface area contributed by atoms with Gasteiger partial charge in [0.25, 0.3) is 5.91 Å². The van der Waals surface area contributed by atoms with Crippen LogP contribution in [0.5, 0.6) is 0 Å². The van der Waals surface area contributed by atoms with E-state index in [0.717, 1.165) is 24.5 Å². The number of amides is 1. The Bertz CT molecular complexity index is 1080. The molecule has 1 heterocycles. The number of aromatic nitrogens is 2. The molecule has 0 radical (unpaired) electrons. The second-order valence-electron chi connectivity index (χ2n) is 5.29. The lowest BCUT2D eigenvalue weighted by Gasteiger charge is -2.01. The van der Waals surface area contributed by atoms with E-state index in [1.54, 1.807) is 0 Å². The summed E-state index contributed by atoms with van der Waals surface area (Å²) in [5.41, 5.74) is 0.319. The summed E-state index contributed by atoms with van der Waals surface area (Å²) in [6.45, 7) is 0. The van der Waals surface area contributed by atoms with Crippen molar-refractivity contribution < 1.29 is 26.4 Å². The van der Waals surface area contributed by atoms with Crippen LogP contribution in [0.4, 0.5) is 14.8 Å². The average molecular weight is 379 g/mol. The van der Waals surface area contributed by atoms with Gasteiger partial charge in [0.15, 0.2) is 21.5 Å². The third-order valence-corrected chi connectivity index (χ3v) is 4.49. The minimum atomic E-state index is -3.33. The number of benzene rings is 2. The van der Waals surface area contributed by atoms with E-state index in [-0.39, 0.29) is 22.4 Å². The lowest BCUT2D eigenvalue weighted by atomic mass is 10.2. The molecule has 0 bridgehead atoms. The van der Waals surface area contributed by atoms with Crippen molar-refractivity contribution in [3.63, 3.8) is 0 Å². The molecular formula is C16H11F2N3O4S. The Hall–Kier alpha value is -3.14. The largest absolute Gasteiger partial charge is 0.403 e. The number of nitrogens with zero attached hydrogens (tertiary/aromatic N) is 2. The first-order valence-electron chi connectivity index (χ1n) is 7.14. The van der Waals surface area contributed by atoms with Crippen LogP contribution >= 0.6 is 0 Å². The number of anilines is 1. The molecule has 0 aliphatic heterocycles. The topological polar surface area (TPSA) is 102 Å². The van der Waals surface area contributed by atoms with Crippen LogP contribution in [-0.2, 0) is 9.84 Å². The monoisotopic (exact) mass is 379 g/mol. The van der Waals surface area contributed by atoms with E-state index in [4.69, 9.17) is 4.42 Å². The van der Waals surface area contributed by atoms with Crippen molar-refractivity contribution in [1.29, 1.82) is 0 Å². The van der Waals surface area contributed by atoms with Gasteiger partial charge in [0.2, 0.25) is 5.89 Å². The molecule has 0 saturated heterocycles. The van der Waals surface area contributed by atoms with E-state index in [2.05, 4.69) is 15.5 Å². The van der Waals surface area contributed by atoms with Crippen molar-refractivity contribution >= 4 is 21.8 Å². The Labute approximate surface area is 146 Å². The van der Waals surface area contributed by atoms with Gasteiger partial charge in [-0.05, 0) is 42.5 Å². The summed E-state index contributed by atoms with van der Waals surface area (Å²) in [7, 11) is -3.33. The molecule has 2 aromatic carbocycles. The molecule has 3 aromatic rings. The highest BCUT2D eigenvalue weighted by Crippen LogP contribution is 2.22. The lowest BCUT2D eigenvalue weighted by molar-refractivity contribution is 0.102. The summed E-state index contributed by atoms with van der Waals surface area (Å²) >= 11 is 0. The number of halogens is 2. The summed E-state index contributed by atoms with van der Waals surface area (Å²) in [4.78, 5) is 12.1. The van der Waals surface area contributed by atoms with Gasteiger partial charge in [-0.2, -0.15) is 0 Å². The molecule has 0 atom stereocenters. The van der Waals surface area contributed by atoms with E-state index >= 15 is 0 Å². The predicted octanol–water partition coefficient (Wildman–Crippen LogP) is 2.67. The smallest absolute Gasteiger partial charge is 0.322 e. The molecule has 0 unspecified atom stereocenters. The number of hydrogen-bond donors (Lipinski definition) is 1. The molecule has 1 aromatic heterocycles. The molecule has 3 rings (SSSR count). The number of carbonyl (C=O) groups is 1. The van der Waals surface area contributed by atoms with E-state index in [1.165, 1.54) is 24.3 Å². The SMILES string of the molecule is CS(=O)(=O)c1ccc(-c2nnc(NC(=O)c3ccc(F)c(F)c3)o2)cc1. The minimum Gasteiger partial charge on any atom is -0.403 e. The Morgan fingerprint density at radius 2 is 1.73 bits per heavy atom. The van der Waals surface area contributed by atoms with Gasteiger partial charge in [-0.15, -0.1) is 5.10 Å². The molecule has 0 aliphatic carbocycles. The van der Waals surface area contributed by atoms with Gasteiger partial charge in [0.05, 0.1) is 4.90 Å². The van der Waals surface area contributed by atoms with Crippen LogP contribution in [0.25, 0.3) is 11.5 Å². The zero-order chi connectivity index (χ0) is 18.9. The summed E-state index contributed by atoms with van der Waals surface area (Å²) in [5, 5.41) is 9.64. The number of rotatable bonds is 4. The lowest BCUT2D eigenvalue weighted by Crippen LogP contribution is -2.12. The second kappa shape index (κ2) is 6.64. The van der Waals surface area contributed by atoms with E-state index in [0.29, 0.717) is 5.56 Å². The van der Waals surface area contributed by atoms with Crippen molar-refractivity contribution in [2.45, 2.75) is 4.90 Å². The molecule has 7 nitrogen and oxygen atoms in total. The van der Waals surface area contributed by atoms with Crippen molar-refractivity contribution in [2.24, 2.45) is 0 Å². The van der Waals surface area contributed by atoms with Crippen molar-refractivity contribution in [3.05, 3.63) is 59.7 Å². The van der Waals surface area contributed by atoms with Crippen LogP contribution in [0.15, 0.2) is 51.8 Å². The van der Waals surface area contributed by atoms with Crippen molar-refractivity contribution in [2.75, 3.05) is 11.6 Å². The van der Waals surface area contributed by atoms with Crippen molar-refractivity contribution in [3.8, 4) is 11.5 Å². The number of sulfone groups is 1. The van der Waals surface area contributed by atoms with Gasteiger partial charge < -0.3 is 4.42 Å². The van der Waals surface area contributed by atoms with Gasteiger partial charge in [-0.3, -0.25) is 10.1 Å². The van der Waals surface area contributed by atoms with Gasteiger partial charge in [-0.25, -0.2) is 17.2 Å². The third kappa shape index (κ3) is 3.75. The average Bonchev–Trinajstić information content (AvgIpc) is 3.05. The third-order valence-electron chi connectivity index (χ3n) is 3.36. The van der Waals surface area contributed by atoms with Gasteiger partial charge in [0, 0.05) is 17.4 Å². The van der Waals surface area contributed by atoms with Crippen LogP contribution in [0.2, 0.25) is 0 Å². The summed E-state index contributed by atoms with van der Waals surface area (Å²) < 4.78 is 54.2. The van der Waals surface area contributed by atoms with Crippen LogP contribution in [0.3, 0.4) is 0 Å². The molecule has 0 saturated carbocycles. The normalized spacial score (nSPS) is 11.3. The zero-order valence-corrected chi connectivity index (χ0v) is 14.0. The van der Waals surface area contributed by atoms with Crippen LogP contribution in [-0.4, -0.2) is 30.8 Å². The van der Waals surface area contributed by atoms with Gasteiger partial charge >= 0.3 is 6.01 Å². The number of nitrogens with one attached hydrogen (secondary N) is 1. The minimum absolute atomic E-state index is 0.0469. The zero-order valence-electron chi connectivity index (χ0n) is 13.2. The van der Waals surface area contributed by atoms with E-state index in [1.807, 2.05) is 0 Å². The van der Waals surface area contributed by atoms with Crippen LogP contribution < -0.4 is 5.32 Å². The highest BCUT2D eigenvalue weighted by atomic mass is 32.2.